The average Bonchev–Trinajstić information content (AvgIpc) is 3.66. The predicted octanol–water partition coefficient (Wildman–Crippen LogP) is 11.2. The molecule has 0 radical (unpaired) electrons. The van der Waals surface area contributed by atoms with Crippen molar-refractivity contribution in [2.45, 2.75) is 5.41 Å². The zero-order chi connectivity index (χ0) is 30.0. The third-order valence-electron chi connectivity index (χ3n) is 10.3. The van der Waals surface area contributed by atoms with Gasteiger partial charge in [-0.15, -0.1) is 0 Å². The highest BCUT2D eigenvalue weighted by molar-refractivity contribution is 6.12. The number of benzene rings is 7. The molecule has 1 unspecified atom stereocenters. The first-order valence-corrected chi connectivity index (χ1v) is 15.8. The Balaban J connectivity index is 1.27. The molecule has 9 aromatic rings. The van der Waals surface area contributed by atoms with E-state index in [1.54, 1.807) is 0 Å². The van der Waals surface area contributed by atoms with E-state index in [1.165, 1.54) is 38.6 Å². The van der Waals surface area contributed by atoms with E-state index in [0.717, 1.165) is 55.7 Å². The fourth-order valence-electron chi connectivity index (χ4n) is 8.41. The van der Waals surface area contributed by atoms with Crippen LogP contribution in [0.5, 0.6) is 11.5 Å². The first-order valence-electron chi connectivity index (χ1n) is 15.8. The van der Waals surface area contributed by atoms with E-state index < -0.39 is 5.41 Å². The van der Waals surface area contributed by atoms with Gasteiger partial charge in [-0.1, -0.05) is 103 Å². The molecule has 3 heteroatoms. The standard InChI is InChI=1S/C43H25NO2/c1-5-16-36-28(10-1)30-12-9-15-34-42(30)44(36)37-17-6-3-13-32(37)43(34)33-14-4-8-19-40(33)46-41-23-21-27(25-35(41)43)26-20-22-39-31(24-26)29-11-2-7-18-38(29)45-39/h1-25H. The minimum absolute atomic E-state index is 0.590. The molecule has 4 heterocycles. The topological polar surface area (TPSA) is 27.3 Å². The molecule has 214 valence electrons. The predicted molar refractivity (Wildman–Crippen MR) is 185 cm³/mol. The van der Waals surface area contributed by atoms with E-state index in [1.807, 2.05) is 12.1 Å². The number of hydrogen-bond donors (Lipinski definition) is 0. The number of furan rings is 1. The fraction of sp³-hybridized carbons (Fsp3) is 0.0233. The summed E-state index contributed by atoms with van der Waals surface area (Å²) in [4.78, 5) is 0. The van der Waals surface area contributed by atoms with E-state index in [0.29, 0.717) is 0 Å². The van der Waals surface area contributed by atoms with Gasteiger partial charge in [0.1, 0.15) is 22.7 Å². The molecular weight excluding hydrogens is 562 g/mol. The third-order valence-corrected chi connectivity index (χ3v) is 10.3. The van der Waals surface area contributed by atoms with Crippen molar-refractivity contribution >= 4 is 43.7 Å². The number of aromatic nitrogens is 1. The first kappa shape index (κ1) is 24.3. The molecule has 46 heavy (non-hydrogen) atoms. The van der Waals surface area contributed by atoms with Crippen LogP contribution in [0, 0.1) is 0 Å². The van der Waals surface area contributed by atoms with Crippen molar-refractivity contribution in [3.05, 3.63) is 174 Å². The maximum Gasteiger partial charge on any atom is 0.135 e. The van der Waals surface area contributed by atoms with Crippen molar-refractivity contribution in [3.63, 3.8) is 0 Å². The van der Waals surface area contributed by atoms with Gasteiger partial charge in [0.05, 0.1) is 22.1 Å². The highest BCUT2D eigenvalue weighted by atomic mass is 16.5. The lowest BCUT2D eigenvalue weighted by molar-refractivity contribution is 0.434. The van der Waals surface area contributed by atoms with Gasteiger partial charge < -0.3 is 13.7 Å². The van der Waals surface area contributed by atoms with Crippen LogP contribution in [0.25, 0.3) is 60.6 Å². The third kappa shape index (κ3) is 2.89. The molecule has 0 saturated heterocycles. The van der Waals surface area contributed by atoms with Crippen LogP contribution in [-0.2, 0) is 5.41 Å². The van der Waals surface area contributed by atoms with Crippen LogP contribution in [-0.4, -0.2) is 4.57 Å². The van der Waals surface area contributed by atoms with Gasteiger partial charge in [0.25, 0.3) is 0 Å². The Morgan fingerprint density at radius 1 is 0.435 bits per heavy atom. The van der Waals surface area contributed by atoms with Gasteiger partial charge in [0, 0.05) is 32.7 Å². The van der Waals surface area contributed by atoms with Crippen LogP contribution in [0.1, 0.15) is 22.3 Å². The molecule has 7 aromatic carbocycles. The molecule has 2 aliphatic rings. The van der Waals surface area contributed by atoms with Crippen molar-refractivity contribution < 1.29 is 9.15 Å². The van der Waals surface area contributed by atoms with Crippen LogP contribution >= 0.6 is 0 Å². The summed E-state index contributed by atoms with van der Waals surface area (Å²) in [5.74, 6) is 1.78. The monoisotopic (exact) mass is 587 g/mol. The number of rotatable bonds is 1. The molecule has 0 saturated carbocycles. The zero-order valence-corrected chi connectivity index (χ0v) is 24.7. The molecule has 2 aromatic heterocycles. The van der Waals surface area contributed by atoms with E-state index in [9.17, 15) is 0 Å². The lowest BCUT2D eigenvalue weighted by atomic mass is 9.61. The second-order valence-electron chi connectivity index (χ2n) is 12.4. The summed E-state index contributed by atoms with van der Waals surface area (Å²) >= 11 is 0. The van der Waals surface area contributed by atoms with Crippen molar-refractivity contribution in [1.82, 2.24) is 4.57 Å². The molecule has 1 spiro atoms. The SMILES string of the molecule is c1ccc2c(c1)Oc1ccc(-c3ccc4oc5ccccc5c4c3)cc1C21c2ccccc2-n2c3ccccc3c3cccc1c32. The van der Waals surface area contributed by atoms with E-state index in [2.05, 4.69) is 144 Å². The Labute approximate surface area is 264 Å². The Morgan fingerprint density at radius 2 is 1.11 bits per heavy atom. The Morgan fingerprint density at radius 3 is 2.07 bits per heavy atom. The molecular formula is C43H25NO2. The maximum absolute atomic E-state index is 6.75. The first-order chi connectivity index (χ1) is 22.8. The average molecular weight is 588 g/mol. The second-order valence-corrected chi connectivity index (χ2v) is 12.4. The van der Waals surface area contributed by atoms with Gasteiger partial charge >= 0.3 is 0 Å². The molecule has 0 aliphatic carbocycles. The van der Waals surface area contributed by atoms with Gasteiger partial charge in [-0.3, -0.25) is 0 Å². The highest BCUT2D eigenvalue weighted by Gasteiger charge is 2.50. The minimum Gasteiger partial charge on any atom is -0.457 e. The van der Waals surface area contributed by atoms with E-state index >= 15 is 0 Å². The normalized spacial score (nSPS) is 16.1. The van der Waals surface area contributed by atoms with Gasteiger partial charge in [-0.25, -0.2) is 0 Å². The Kier molecular flexibility index (Phi) is 4.52. The molecule has 2 aliphatic heterocycles. The maximum atomic E-state index is 6.75. The van der Waals surface area contributed by atoms with Gasteiger partial charge in [-0.05, 0) is 70.8 Å². The smallest absolute Gasteiger partial charge is 0.135 e. The summed E-state index contributed by atoms with van der Waals surface area (Å²) in [5.41, 5.74) is 12.0. The lowest BCUT2D eigenvalue weighted by Gasteiger charge is -2.45. The van der Waals surface area contributed by atoms with Crippen LogP contribution < -0.4 is 4.74 Å². The Hall–Kier alpha value is -6.06. The fourth-order valence-corrected chi connectivity index (χ4v) is 8.41. The quantitative estimate of drug-likeness (QED) is 0.191. The molecule has 0 amide bonds. The van der Waals surface area contributed by atoms with Gasteiger partial charge in [0.15, 0.2) is 0 Å². The van der Waals surface area contributed by atoms with Gasteiger partial charge in [-0.2, -0.15) is 0 Å². The van der Waals surface area contributed by atoms with Crippen molar-refractivity contribution in [3.8, 4) is 28.3 Å². The minimum atomic E-state index is -0.590. The molecule has 0 N–H and O–H groups in total. The number of hydrogen-bond acceptors (Lipinski definition) is 2. The summed E-state index contributed by atoms with van der Waals surface area (Å²) in [5, 5.41) is 4.79. The molecule has 0 fully saturated rings. The summed E-state index contributed by atoms with van der Waals surface area (Å²) < 4.78 is 15.4. The highest BCUT2D eigenvalue weighted by Crippen LogP contribution is 2.60. The number of fused-ring (bicyclic) bond motifs is 14. The largest absolute Gasteiger partial charge is 0.457 e. The van der Waals surface area contributed by atoms with Gasteiger partial charge in [0.2, 0.25) is 0 Å². The van der Waals surface area contributed by atoms with Crippen molar-refractivity contribution in [2.24, 2.45) is 0 Å². The van der Waals surface area contributed by atoms with Crippen LogP contribution in [0.4, 0.5) is 0 Å². The molecule has 3 nitrogen and oxygen atoms in total. The lowest BCUT2D eigenvalue weighted by Crippen LogP contribution is -2.37. The summed E-state index contributed by atoms with van der Waals surface area (Å²) in [6, 6.07) is 54.6. The van der Waals surface area contributed by atoms with Crippen molar-refractivity contribution in [1.29, 1.82) is 0 Å². The summed E-state index contributed by atoms with van der Waals surface area (Å²) in [6.45, 7) is 0. The van der Waals surface area contributed by atoms with E-state index in [4.69, 9.17) is 9.15 Å². The Bertz CT molecular complexity index is 2750. The number of ether oxygens (including phenoxy) is 1. The number of nitrogens with zero attached hydrogens (tertiary/aromatic N) is 1. The van der Waals surface area contributed by atoms with Crippen molar-refractivity contribution in [2.75, 3.05) is 0 Å². The number of para-hydroxylation sites is 5. The van der Waals surface area contributed by atoms with Crippen LogP contribution in [0.3, 0.4) is 0 Å². The van der Waals surface area contributed by atoms with E-state index in [-0.39, 0.29) is 0 Å². The second kappa shape index (κ2) is 8.56. The van der Waals surface area contributed by atoms with Crippen LogP contribution in [0.2, 0.25) is 0 Å². The molecule has 11 rings (SSSR count). The van der Waals surface area contributed by atoms with Crippen LogP contribution in [0.15, 0.2) is 156 Å². The zero-order valence-electron chi connectivity index (χ0n) is 24.7. The summed E-state index contributed by atoms with van der Waals surface area (Å²) in [7, 11) is 0. The summed E-state index contributed by atoms with van der Waals surface area (Å²) in [6.07, 6.45) is 0. The molecule has 1 atom stereocenters. The molecule has 0 bridgehead atoms.